The van der Waals surface area contributed by atoms with Crippen molar-refractivity contribution >= 4 is 21.9 Å². The minimum absolute atomic E-state index is 0.849. The molecule has 0 fully saturated rings. The summed E-state index contributed by atoms with van der Waals surface area (Å²) in [6.07, 6.45) is 5.34. The smallest absolute Gasteiger partial charge is 0.139 e. The number of nitrogens with one attached hydrogen (secondary N) is 1. The molecule has 19 heavy (non-hydrogen) atoms. The lowest BCUT2D eigenvalue weighted by Crippen LogP contribution is -1.85. The minimum Gasteiger partial charge on any atom is -0.337 e. The first-order chi connectivity index (χ1) is 9.42. The number of rotatable bonds is 1. The first-order valence-electron chi connectivity index (χ1n) is 6.06. The van der Waals surface area contributed by atoms with Crippen molar-refractivity contribution in [2.45, 2.75) is 0 Å². The Balaban J connectivity index is 2.03. The highest BCUT2D eigenvalue weighted by molar-refractivity contribution is 5.94. The van der Waals surface area contributed by atoms with Gasteiger partial charge in [0.25, 0.3) is 0 Å². The number of benzene rings is 1. The zero-order valence-corrected chi connectivity index (χ0v) is 10.0. The van der Waals surface area contributed by atoms with Crippen LogP contribution in [0.25, 0.3) is 33.3 Å². The summed E-state index contributed by atoms with van der Waals surface area (Å²) in [7, 11) is 0. The van der Waals surface area contributed by atoms with Crippen molar-refractivity contribution in [2.75, 3.05) is 0 Å². The van der Waals surface area contributed by atoms with Gasteiger partial charge in [-0.3, -0.25) is 9.97 Å². The highest BCUT2D eigenvalue weighted by Gasteiger charge is 2.08. The number of pyridine rings is 2. The maximum absolute atomic E-state index is 4.61. The second-order valence-electron chi connectivity index (χ2n) is 4.35. The summed E-state index contributed by atoms with van der Waals surface area (Å²) in [5.74, 6) is 0.849. The summed E-state index contributed by atoms with van der Waals surface area (Å²) in [5.41, 5.74) is 3.89. The van der Waals surface area contributed by atoms with Crippen LogP contribution in [0.1, 0.15) is 0 Å². The fraction of sp³-hybridized carbons (Fsp3) is 0. The summed E-state index contributed by atoms with van der Waals surface area (Å²) in [4.78, 5) is 16.4. The monoisotopic (exact) mass is 246 g/mol. The Hall–Kier alpha value is -2.75. The van der Waals surface area contributed by atoms with Gasteiger partial charge < -0.3 is 4.98 Å². The van der Waals surface area contributed by atoms with Crippen molar-refractivity contribution in [3.63, 3.8) is 0 Å². The number of imidazole rings is 1. The van der Waals surface area contributed by atoms with E-state index in [-0.39, 0.29) is 0 Å². The van der Waals surface area contributed by atoms with E-state index in [0.717, 1.165) is 33.3 Å². The van der Waals surface area contributed by atoms with Crippen LogP contribution in [0.4, 0.5) is 0 Å². The molecule has 4 heteroatoms. The van der Waals surface area contributed by atoms with Crippen LogP contribution in [0.15, 0.2) is 55.0 Å². The summed E-state index contributed by atoms with van der Waals surface area (Å²) in [6, 6.07) is 11.9. The van der Waals surface area contributed by atoms with Crippen LogP contribution in [-0.4, -0.2) is 19.9 Å². The largest absolute Gasteiger partial charge is 0.337 e. The SMILES string of the molecule is c1ccc2c(-c3nc4ccncc4[nH]3)ccnc2c1. The summed E-state index contributed by atoms with van der Waals surface area (Å²) >= 11 is 0. The number of fused-ring (bicyclic) bond motifs is 2. The van der Waals surface area contributed by atoms with Gasteiger partial charge in [0.15, 0.2) is 0 Å². The Morgan fingerprint density at radius 3 is 2.79 bits per heavy atom. The number of hydrogen-bond donors (Lipinski definition) is 1. The van der Waals surface area contributed by atoms with Gasteiger partial charge in [0.1, 0.15) is 5.82 Å². The van der Waals surface area contributed by atoms with E-state index in [4.69, 9.17) is 0 Å². The lowest BCUT2D eigenvalue weighted by molar-refractivity contribution is 1.32. The second kappa shape index (κ2) is 3.88. The van der Waals surface area contributed by atoms with Crippen molar-refractivity contribution in [2.24, 2.45) is 0 Å². The molecule has 0 atom stereocenters. The molecule has 0 aliphatic carbocycles. The minimum atomic E-state index is 0.849. The Bertz CT molecular complexity index is 841. The summed E-state index contributed by atoms with van der Waals surface area (Å²) in [5, 5.41) is 1.09. The Labute approximate surface area is 109 Å². The van der Waals surface area contributed by atoms with Gasteiger partial charge >= 0.3 is 0 Å². The molecular formula is C15H10N4. The Morgan fingerprint density at radius 1 is 0.895 bits per heavy atom. The molecule has 0 saturated heterocycles. The van der Waals surface area contributed by atoms with Crippen LogP contribution in [0, 0.1) is 0 Å². The van der Waals surface area contributed by atoms with Gasteiger partial charge in [-0.15, -0.1) is 0 Å². The molecule has 3 aromatic heterocycles. The van der Waals surface area contributed by atoms with E-state index >= 15 is 0 Å². The van der Waals surface area contributed by atoms with E-state index < -0.39 is 0 Å². The van der Waals surface area contributed by atoms with Crippen LogP contribution in [-0.2, 0) is 0 Å². The fourth-order valence-electron chi connectivity index (χ4n) is 2.29. The Kier molecular flexibility index (Phi) is 2.08. The van der Waals surface area contributed by atoms with Crippen LogP contribution in [0.5, 0.6) is 0 Å². The standard InChI is InChI=1S/C15H10N4/c1-2-4-12-10(3-1)11(5-8-17-12)15-18-13-6-7-16-9-14(13)19-15/h1-9H,(H,18,19). The molecule has 4 nitrogen and oxygen atoms in total. The number of aromatic nitrogens is 4. The molecule has 3 heterocycles. The predicted octanol–water partition coefficient (Wildman–Crippen LogP) is 3.17. The third kappa shape index (κ3) is 1.57. The van der Waals surface area contributed by atoms with Crippen molar-refractivity contribution in [3.05, 3.63) is 55.0 Å². The van der Waals surface area contributed by atoms with Crippen molar-refractivity contribution < 1.29 is 0 Å². The van der Waals surface area contributed by atoms with E-state index in [0.29, 0.717) is 0 Å². The molecule has 1 aromatic carbocycles. The molecule has 4 rings (SSSR count). The van der Waals surface area contributed by atoms with Crippen molar-refractivity contribution in [1.82, 2.24) is 19.9 Å². The van der Waals surface area contributed by atoms with Gasteiger partial charge in [0.2, 0.25) is 0 Å². The average Bonchev–Trinajstić information content (AvgIpc) is 2.90. The first kappa shape index (κ1) is 10.2. The predicted molar refractivity (Wildman–Crippen MR) is 74.6 cm³/mol. The average molecular weight is 246 g/mol. The molecular weight excluding hydrogens is 236 g/mol. The highest BCUT2D eigenvalue weighted by Crippen LogP contribution is 2.26. The number of aromatic amines is 1. The molecule has 0 aliphatic rings. The quantitative estimate of drug-likeness (QED) is 0.561. The summed E-state index contributed by atoms with van der Waals surface area (Å²) < 4.78 is 0. The molecule has 0 bridgehead atoms. The molecule has 0 aliphatic heterocycles. The van der Waals surface area contributed by atoms with E-state index in [2.05, 4.69) is 26.0 Å². The molecule has 0 radical (unpaired) electrons. The van der Waals surface area contributed by atoms with Gasteiger partial charge in [-0.1, -0.05) is 18.2 Å². The van der Waals surface area contributed by atoms with Gasteiger partial charge in [0.05, 0.1) is 22.7 Å². The molecule has 0 unspecified atom stereocenters. The van der Waals surface area contributed by atoms with E-state index in [1.807, 2.05) is 36.5 Å². The number of para-hydroxylation sites is 1. The zero-order valence-electron chi connectivity index (χ0n) is 10.0. The van der Waals surface area contributed by atoms with Crippen molar-refractivity contribution in [3.8, 4) is 11.4 Å². The zero-order chi connectivity index (χ0) is 12.7. The normalized spacial score (nSPS) is 11.2. The Morgan fingerprint density at radius 2 is 1.84 bits per heavy atom. The number of H-pyrrole nitrogens is 1. The van der Waals surface area contributed by atoms with Gasteiger partial charge in [-0.25, -0.2) is 4.98 Å². The molecule has 0 saturated carbocycles. The topological polar surface area (TPSA) is 54.5 Å². The summed E-state index contributed by atoms with van der Waals surface area (Å²) in [6.45, 7) is 0. The number of nitrogens with zero attached hydrogens (tertiary/aromatic N) is 3. The van der Waals surface area contributed by atoms with Crippen LogP contribution >= 0.6 is 0 Å². The maximum atomic E-state index is 4.61. The van der Waals surface area contributed by atoms with Gasteiger partial charge in [-0.2, -0.15) is 0 Å². The van der Waals surface area contributed by atoms with E-state index in [1.54, 1.807) is 12.4 Å². The lowest BCUT2D eigenvalue weighted by atomic mass is 10.1. The molecule has 90 valence electrons. The third-order valence-electron chi connectivity index (χ3n) is 3.19. The fourth-order valence-corrected chi connectivity index (χ4v) is 2.29. The number of hydrogen-bond acceptors (Lipinski definition) is 3. The van der Waals surface area contributed by atoms with E-state index in [9.17, 15) is 0 Å². The van der Waals surface area contributed by atoms with Crippen LogP contribution in [0.2, 0.25) is 0 Å². The van der Waals surface area contributed by atoms with E-state index in [1.165, 1.54) is 0 Å². The first-order valence-corrected chi connectivity index (χ1v) is 6.06. The highest BCUT2D eigenvalue weighted by atomic mass is 14.9. The van der Waals surface area contributed by atoms with Crippen LogP contribution < -0.4 is 0 Å². The molecule has 0 amide bonds. The van der Waals surface area contributed by atoms with Gasteiger partial charge in [0, 0.05) is 23.3 Å². The van der Waals surface area contributed by atoms with Gasteiger partial charge in [-0.05, 0) is 18.2 Å². The third-order valence-corrected chi connectivity index (χ3v) is 3.19. The molecule has 0 spiro atoms. The van der Waals surface area contributed by atoms with Crippen molar-refractivity contribution in [1.29, 1.82) is 0 Å². The second-order valence-corrected chi connectivity index (χ2v) is 4.35. The molecule has 1 N–H and O–H groups in total. The molecule has 4 aromatic rings. The maximum Gasteiger partial charge on any atom is 0.139 e. The lowest BCUT2D eigenvalue weighted by Gasteiger charge is -2.02. The van der Waals surface area contributed by atoms with Crippen LogP contribution in [0.3, 0.4) is 0 Å².